The molecule has 0 bridgehead atoms. The number of aryl methyl sites for hydroxylation is 1. The molecule has 1 aliphatic heterocycles. The van der Waals surface area contributed by atoms with Gasteiger partial charge in [0.1, 0.15) is 12.1 Å². The van der Waals surface area contributed by atoms with Crippen LogP contribution >= 0.6 is 0 Å². The fourth-order valence-electron chi connectivity index (χ4n) is 3.73. The van der Waals surface area contributed by atoms with Crippen LogP contribution in [0.15, 0.2) is 12.4 Å². The van der Waals surface area contributed by atoms with Gasteiger partial charge in [-0.05, 0) is 31.6 Å². The molecule has 5 nitrogen and oxygen atoms in total. The van der Waals surface area contributed by atoms with Crippen LogP contribution in [0.2, 0.25) is 0 Å². The quantitative estimate of drug-likeness (QED) is 0.784. The first-order chi connectivity index (χ1) is 9.31. The van der Waals surface area contributed by atoms with E-state index in [4.69, 9.17) is 0 Å². The molecule has 2 aromatic rings. The molecule has 3 heterocycles. The van der Waals surface area contributed by atoms with E-state index in [9.17, 15) is 0 Å². The number of hydrogen-bond acceptors (Lipinski definition) is 4. The molecule has 19 heavy (non-hydrogen) atoms. The Morgan fingerprint density at radius 3 is 2.63 bits per heavy atom. The average molecular weight is 257 g/mol. The highest BCUT2D eigenvalue weighted by Gasteiger charge is 2.35. The third kappa shape index (κ3) is 1.79. The molecule has 2 aliphatic rings. The van der Waals surface area contributed by atoms with Crippen LogP contribution in [0.25, 0.3) is 5.78 Å². The molecule has 0 unspecified atom stereocenters. The maximum Gasteiger partial charge on any atom is 0.254 e. The standard InChI is InChI=1S/C14H19N5/c1-10-6-13(19-14(17-10)15-9-16-19)18-7-11-4-2-3-5-12(11)8-18/h6,9,11-12H,2-5,7-8H2,1H3/t11-,12-/m0/s1. The zero-order chi connectivity index (χ0) is 12.8. The Morgan fingerprint density at radius 2 is 1.89 bits per heavy atom. The van der Waals surface area contributed by atoms with Gasteiger partial charge in [-0.25, -0.2) is 4.98 Å². The van der Waals surface area contributed by atoms with Crippen LogP contribution in [0.3, 0.4) is 0 Å². The van der Waals surface area contributed by atoms with Crippen molar-refractivity contribution in [3.63, 3.8) is 0 Å². The molecule has 0 radical (unpaired) electrons. The summed E-state index contributed by atoms with van der Waals surface area (Å²) >= 11 is 0. The molecule has 0 spiro atoms. The van der Waals surface area contributed by atoms with Crippen molar-refractivity contribution in [1.82, 2.24) is 19.6 Å². The second-order valence-electron chi connectivity index (χ2n) is 5.94. The van der Waals surface area contributed by atoms with Gasteiger partial charge in [0.2, 0.25) is 0 Å². The summed E-state index contributed by atoms with van der Waals surface area (Å²) in [5.41, 5.74) is 1.02. The molecule has 0 amide bonds. The summed E-state index contributed by atoms with van der Waals surface area (Å²) in [6.45, 7) is 4.37. The van der Waals surface area contributed by atoms with E-state index in [1.165, 1.54) is 38.8 Å². The first-order valence-corrected chi connectivity index (χ1v) is 7.23. The van der Waals surface area contributed by atoms with Gasteiger partial charge in [0.15, 0.2) is 0 Å². The van der Waals surface area contributed by atoms with Crippen LogP contribution < -0.4 is 4.90 Å². The van der Waals surface area contributed by atoms with Crippen molar-refractivity contribution in [3.05, 3.63) is 18.1 Å². The SMILES string of the molecule is Cc1cc(N2C[C@@H]3CCCC[C@H]3C2)n2ncnc2n1. The summed E-state index contributed by atoms with van der Waals surface area (Å²) in [7, 11) is 0. The van der Waals surface area contributed by atoms with Crippen molar-refractivity contribution in [3.8, 4) is 0 Å². The van der Waals surface area contributed by atoms with Gasteiger partial charge in [-0.2, -0.15) is 14.6 Å². The number of rotatable bonds is 1. The van der Waals surface area contributed by atoms with Gasteiger partial charge in [-0.1, -0.05) is 12.8 Å². The molecular formula is C14H19N5. The Balaban J connectivity index is 1.72. The lowest BCUT2D eigenvalue weighted by Crippen LogP contribution is -2.23. The van der Waals surface area contributed by atoms with Crippen LogP contribution in [0.4, 0.5) is 5.82 Å². The van der Waals surface area contributed by atoms with E-state index in [-0.39, 0.29) is 0 Å². The van der Waals surface area contributed by atoms with Gasteiger partial charge in [-0.3, -0.25) is 0 Å². The number of hydrogen-bond donors (Lipinski definition) is 0. The first-order valence-electron chi connectivity index (χ1n) is 7.23. The predicted molar refractivity (Wildman–Crippen MR) is 73.2 cm³/mol. The van der Waals surface area contributed by atoms with Crippen molar-refractivity contribution in [2.75, 3.05) is 18.0 Å². The van der Waals surface area contributed by atoms with E-state index in [2.05, 4.69) is 26.0 Å². The third-order valence-electron chi connectivity index (χ3n) is 4.66. The summed E-state index contributed by atoms with van der Waals surface area (Å²) in [4.78, 5) is 11.1. The van der Waals surface area contributed by atoms with Crippen LogP contribution in [-0.2, 0) is 0 Å². The summed E-state index contributed by atoms with van der Waals surface area (Å²) in [5, 5.41) is 4.32. The number of anilines is 1. The lowest BCUT2D eigenvalue weighted by atomic mass is 9.82. The summed E-state index contributed by atoms with van der Waals surface area (Å²) in [5.74, 6) is 3.63. The Kier molecular flexibility index (Phi) is 2.47. The van der Waals surface area contributed by atoms with E-state index in [1.807, 2.05) is 11.4 Å². The molecule has 0 N–H and O–H groups in total. The van der Waals surface area contributed by atoms with E-state index < -0.39 is 0 Å². The first kappa shape index (κ1) is 11.2. The number of fused-ring (bicyclic) bond motifs is 2. The minimum Gasteiger partial charge on any atom is -0.356 e. The molecule has 5 heteroatoms. The Labute approximate surface area is 112 Å². The highest BCUT2D eigenvalue weighted by Crippen LogP contribution is 2.37. The van der Waals surface area contributed by atoms with Crippen molar-refractivity contribution >= 4 is 11.6 Å². The Bertz CT molecular complexity index is 591. The maximum absolute atomic E-state index is 4.42. The smallest absolute Gasteiger partial charge is 0.254 e. The Hall–Kier alpha value is -1.65. The predicted octanol–water partition coefficient (Wildman–Crippen LogP) is 2.06. The topological polar surface area (TPSA) is 46.3 Å². The molecule has 1 saturated heterocycles. The molecule has 2 aromatic heterocycles. The highest BCUT2D eigenvalue weighted by atomic mass is 15.4. The minimum absolute atomic E-state index is 0.713. The average Bonchev–Trinajstić information content (AvgIpc) is 3.03. The fourth-order valence-corrected chi connectivity index (χ4v) is 3.73. The molecule has 0 aromatic carbocycles. The second-order valence-corrected chi connectivity index (χ2v) is 5.94. The van der Waals surface area contributed by atoms with Gasteiger partial charge < -0.3 is 4.90 Å². The summed E-state index contributed by atoms with van der Waals surface area (Å²) in [6.07, 6.45) is 7.19. The van der Waals surface area contributed by atoms with Gasteiger partial charge >= 0.3 is 0 Å². The van der Waals surface area contributed by atoms with Crippen LogP contribution in [0, 0.1) is 18.8 Å². The molecule has 1 aliphatic carbocycles. The zero-order valence-electron chi connectivity index (χ0n) is 11.3. The van der Waals surface area contributed by atoms with Gasteiger partial charge in [-0.15, -0.1) is 0 Å². The molecule has 100 valence electrons. The van der Waals surface area contributed by atoms with Gasteiger partial charge in [0, 0.05) is 24.8 Å². The number of nitrogens with zero attached hydrogens (tertiary/aromatic N) is 5. The van der Waals surface area contributed by atoms with Crippen molar-refractivity contribution < 1.29 is 0 Å². The fraction of sp³-hybridized carbons (Fsp3) is 0.643. The lowest BCUT2D eigenvalue weighted by molar-refractivity contribution is 0.299. The Morgan fingerprint density at radius 1 is 1.16 bits per heavy atom. The highest BCUT2D eigenvalue weighted by molar-refractivity contribution is 5.48. The number of aromatic nitrogens is 4. The second kappa shape index (κ2) is 4.18. The summed E-state index contributed by atoms with van der Waals surface area (Å²) < 4.78 is 1.88. The van der Waals surface area contributed by atoms with Gasteiger partial charge in [0.05, 0.1) is 0 Å². The third-order valence-corrected chi connectivity index (χ3v) is 4.66. The van der Waals surface area contributed by atoms with Crippen molar-refractivity contribution in [1.29, 1.82) is 0 Å². The van der Waals surface area contributed by atoms with E-state index in [0.29, 0.717) is 5.78 Å². The molecule has 2 atom stereocenters. The normalized spacial score (nSPS) is 26.9. The van der Waals surface area contributed by atoms with Crippen LogP contribution in [0.1, 0.15) is 31.4 Å². The summed E-state index contributed by atoms with van der Waals surface area (Å²) in [6, 6.07) is 2.14. The van der Waals surface area contributed by atoms with Gasteiger partial charge in [0.25, 0.3) is 5.78 Å². The molecule has 4 rings (SSSR count). The van der Waals surface area contributed by atoms with Crippen LogP contribution in [-0.4, -0.2) is 32.7 Å². The van der Waals surface area contributed by atoms with E-state index in [1.54, 1.807) is 6.33 Å². The largest absolute Gasteiger partial charge is 0.356 e. The van der Waals surface area contributed by atoms with E-state index >= 15 is 0 Å². The zero-order valence-corrected chi connectivity index (χ0v) is 11.3. The van der Waals surface area contributed by atoms with Crippen molar-refractivity contribution in [2.24, 2.45) is 11.8 Å². The monoisotopic (exact) mass is 257 g/mol. The molecular weight excluding hydrogens is 238 g/mol. The molecule has 1 saturated carbocycles. The minimum atomic E-state index is 0.713. The maximum atomic E-state index is 4.42. The van der Waals surface area contributed by atoms with Crippen molar-refractivity contribution in [2.45, 2.75) is 32.6 Å². The van der Waals surface area contributed by atoms with E-state index in [0.717, 1.165) is 23.3 Å². The lowest BCUT2D eigenvalue weighted by Gasteiger charge is -2.22. The van der Waals surface area contributed by atoms with Crippen LogP contribution in [0.5, 0.6) is 0 Å². The molecule has 2 fully saturated rings.